The summed E-state index contributed by atoms with van der Waals surface area (Å²) in [6.45, 7) is 9.79. The normalized spacial score (nSPS) is 21.2. The Labute approximate surface area is 169 Å². The Hall–Kier alpha value is -1.90. The van der Waals surface area contributed by atoms with Gasteiger partial charge >= 0.3 is 0 Å². The third-order valence-electron chi connectivity index (χ3n) is 6.86. The van der Waals surface area contributed by atoms with Gasteiger partial charge in [-0.2, -0.15) is 0 Å². The van der Waals surface area contributed by atoms with Crippen molar-refractivity contribution in [2.24, 2.45) is 0 Å². The zero-order chi connectivity index (χ0) is 19.9. The first kappa shape index (κ1) is 19.4. The van der Waals surface area contributed by atoms with Crippen LogP contribution in [0, 0.1) is 0 Å². The SMILES string of the molecule is CC1(C)CCC(C)(C)c2cc(C=C3CCCc4cc(COO)ccc43)ccc21. The lowest BCUT2D eigenvalue weighted by atomic mass is 9.63. The largest absolute Gasteiger partial charge is 0.251 e. The number of rotatable bonds is 3. The molecule has 0 fully saturated rings. The molecule has 0 aliphatic heterocycles. The maximum absolute atomic E-state index is 8.74. The van der Waals surface area contributed by atoms with E-state index in [-0.39, 0.29) is 17.4 Å². The summed E-state index contributed by atoms with van der Waals surface area (Å²) in [4.78, 5) is 4.32. The van der Waals surface area contributed by atoms with Gasteiger partial charge in [-0.3, -0.25) is 5.26 Å². The summed E-state index contributed by atoms with van der Waals surface area (Å²) in [6, 6.07) is 13.5. The van der Waals surface area contributed by atoms with Crippen molar-refractivity contribution in [1.82, 2.24) is 0 Å². The van der Waals surface area contributed by atoms with Crippen molar-refractivity contribution in [3.05, 3.63) is 69.8 Å². The lowest BCUT2D eigenvalue weighted by Crippen LogP contribution is -2.33. The Bertz CT molecular complexity index is 918. The van der Waals surface area contributed by atoms with Crippen molar-refractivity contribution in [3.63, 3.8) is 0 Å². The summed E-state index contributed by atoms with van der Waals surface area (Å²) in [6.07, 6.45) is 8.27. The van der Waals surface area contributed by atoms with E-state index in [0.29, 0.717) is 0 Å². The number of allylic oxidation sites excluding steroid dienone is 1. The number of hydrogen-bond acceptors (Lipinski definition) is 2. The average Bonchev–Trinajstić information content (AvgIpc) is 2.66. The standard InChI is InChI=1S/C26H32O2/c1-25(2)12-13-26(3,4)24-16-18(9-11-23(24)25)14-20-6-5-7-21-15-19(17-28-27)8-10-22(20)21/h8-11,14-16,27H,5-7,12-13,17H2,1-4H3. The number of aryl methyl sites for hydroxylation is 1. The van der Waals surface area contributed by atoms with Crippen molar-refractivity contribution in [1.29, 1.82) is 0 Å². The molecular weight excluding hydrogens is 344 g/mol. The molecule has 0 spiro atoms. The van der Waals surface area contributed by atoms with E-state index in [9.17, 15) is 0 Å². The second-order valence-electron chi connectivity index (χ2n) is 9.86. The molecule has 2 aromatic carbocycles. The molecule has 2 aliphatic rings. The molecule has 0 bridgehead atoms. The van der Waals surface area contributed by atoms with E-state index in [4.69, 9.17) is 5.26 Å². The molecule has 2 aliphatic carbocycles. The molecule has 2 nitrogen and oxygen atoms in total. The fourth-order valence-corrected chi connectivity index (χ4v) is 4.98. The van der Waals surface area contributed by atoms with E-state index in [0.717, 1.165) is 18.4 Å². The van der Waals surface area contributed by atoms with E-state index < -0.39 is 0 Å². The van der Waals surface area contributed by atoms with Gasteiger partial charge < -0.3 is 0 Å². The van der Waals surface area contributed by atoms with Gasteiger partial charge in [0.2, 0.25) is 0 Å². The Balaban J connectivity index is 1.73. The zero-order valence-electron chi connectivity index (χ0n) is 17.6. The van der Waals surface area contributed by atoms with Gasteiger partial charge in [-0.05, 0) is 81.9 Å². The van der Waals surface area contributed by atoms with Crippen LogP contribution in [0.5, 0.6) is 0 Å². The summed E-state index contributed by atoms with van der Waals surface area (Å²) >= 11 is 0. The van der Waals surface area contributed by atoms with E-state index in [1.54, 1.807) is 0 Å². The minimum Gasteiger partial charge on any atom is -0.251 e. The molecular formula is C26H32O2. The van der Waals surface area contributed by atoms with Gasteiger partial charge in [-0.1, -0.05) is 70.2 Å². The van der Waals surface area contributed by atoms with Crippen LogP contribution in [0.3, 0.4) is 0 Å². The first-order valence-electron chi connectivity index (χ1n) is 10.5. The predicted octanol–water partition coefficient (Wildman–Crippen LogP) is 6.90. The predicted molar refractivity (Wildman–Crippen MR) is 116 cm³/mol. The van der Waals surface area contributed by atoms with Gasteiger partial charge in [0.05, 0.1) is 0 Å². The topological polar surface area (TPSA) is 29.5 Å². The quantitative estimate of drug-likeness (QED) is 0.466. The molecule has 0 atom stereocenters. The molecule has 28 heavy (non-hydrogen) atoms. The van der Waals surface area contributed by atoms with Gasteiger partial charge in [-0.25, -0.2) is 4.89 Å². The molecule has 1 N–H and O–H groups in total. The Morgan fingerprint density at radius 3 is 2.43 bits per heavy atom. The smallest absolute Gasteiger partial charge is 0.107 e. The highest BCUT2D eigenvalue weighted by molar-refractivity contribution is 5.84. The van der Waals surface area contributed by atoms with Crippen LogP contribution >= 0.6 is 0 Å². The molecule has 4 rings (SSSR count). The monoisotopic (exact) mass is 376 g/mol. The molecule has 0 amide bonds. The van der Waals surface area contributed by atoms with Crippen molar-refractivity contribution in [2.75, 3.05) is 0 Å². The van der Waals surface area contributed by atoms with Crippen LogP contribution in [0.4, 0.5) is 0 Å². The number of fused-ring (bicyclic) bond motifs is 2. The molecule has 0 unspecified atom stereocenters. The molecule has 0 aromatic heterocycles. The summed E-state index contributed by atoms with van der Waals surface area (Å²) in [7, 11) is 0. The fourth-order valence-electron chi connectivity index (χ4n) is 4.98. The summed E-state index contributed by atoms with van der Waals surface area (Å²) in [5.41, 5.74) is 10.0. The lowest BCUT2D eigenvalue weighted by Gasteiger charge is -2.42. The Morgan fingerprint density at radius 2 is 1.68 bits per heavy atom. The Morgan fingerprint density at radius 1 is 0.929 bits per heavy atom. The van der Waals surface area contributed by atoms with Crippen LogP contribution in [-0.2, 0) is 28.7 Å². The van der Waals surface area contributed by atoms with Gasteiger partial charge in [0.1, 0.15) is 6.61 Å². The van der Waals surface area contributed by atoms with Crippen molar-refractivity contribution in [2.45, 2.75) is 77.2 Å². The molecule has 0 saturated heterocycles. The third-order valence-corrected chi connectivity index (χ3v) is 6.86. The maximum atomic E-state index is 8.74. The Kier molecular flexibility index (Phi) is 4.97. The first-order chi connectivity index (χ1) is 13.3. The van der Waals surface area contributed by atoms with E-state index >= 15 is 0 Å². The van der Waals surface area contributed by atoms with Crippen LogP contribution < -0.4 is 0 Å². The number of hydrogen-bond donors (Lipinski definition) is 1. The third kappa shape index (κ3) is 3.56. The maximum Gasteiger partial charge on any atom is 0.107 e. The number of benzene rings is 2. The first-order valence-corrected chi connectivity index (χ1v) is 10.5. The minimum atomic E-state index is 0.239. The fraction of sp³-hybridized carbons (Fsp3) is 0.462. The molecule has 0 saturated carbocycles. The van der Waals surface area contributed by atoms with Crippen molar-refractivity contribution in [3.8, 4) is 0 Å². The summed E-state index contributed by atoms with van der Waals surface area (Å²) in [5, 5.41) is 8.74. The van der Waals surface area contributed by atoms with Gasteiger partial charge in [0.15, 0.2) is 0 Å². The highest BCUT2D eigenvalue weighted by atomic mass is 17.1. The molecule has 148 valence electrons. The summed E-state index contributed by atoms with van der Waals surface area (Å²) in [5.74, 6) is 0. The van der Waals surface area contributed by atoms with E-state index in [1.807, 2.05) is 0 Å². The minimum absolute atomic E-state index is 0.239. The van der Waals surface area contributed by atoms with Crippen molar-refractivity contribution >= 4 is 11.6 Å². The molecule has 0 radical (unpaired) electrons. The second-order valence-corrected chi connectivity index (χ2v) is 9.86. The second kappa shape index (κ2) is 7.17. The van der Waals surface area contributed by atoms with Crippen LogP contribution in [-0.4, -0.2) is 5.26 Å². The van der Waals surface area contributed by atoms with Crippen LogP contribution in [0.25, 0.3) is 11.6 Å². The highest BCUT2D eigenvalue weighted by Gasteiger charge is 2.36. The highest BCUT2D eigenvalue weighted by Crippen LogP contribution is 2.46. The van der Waals surface area contributed by atoms with Crippen LogP contribution in [0.1, 0.15) is 86.8 Å². The molecule has 2 aromatic rings. The molecule has 0 heterocycles. The van der Waals surface area contributed by atoms with Crippen LogP contribution in [0.15, 0.2) is 36.4 Å². The van der Waals surface area contributed by atoms with Crippen molar-refractivity contribution < 1.29 is 10.1 Å². The average molecular weight is 377 g/mol. The van der Waals surface area contributed by atoms with Gasteiger partial charge in [-0.15, -0.1) is 0 Å². The zero-order valence-corrected chi connectivity index (χ0v) is 17.6. The van der Waals surface area contributed by atoms with Gasteiger partial charge in [0.25, 0.3) is 0 Å². The summed E-state index contributed by atoms with van der Waals surface area (Å²) < 4.78 is 0. The lowest BCUT2D eigenvalue weighted by molar-refractivity contribution is -0.253. The van der Waals surface area contributed by atoms with Gasteiger partial charge in [0, 0.05) is 0 Å². The van der Waals surface area contributed by atoms with Crippen LogP contribution in [0.2, 0.25) is 0 Å². The molecule has 2 heteroatoms. The van der Waals surface area contributed by atoms with E-state index in [2.05, 4.69) is 75.1 Å². The van der Waals surface area contributed by atoms with E-state index in [1.165, 1.54) is 52.7 Å².